The van der Waals surface area contributed by atoms with Crippen LogP contribution in [-0.4, -0.2) is 18.6 Å². The number of ether oxygens (including phenoxy) is 1. The fourth-order valence-electron chi connectivity index (χ4n) is 2.51. The standard InChI is InChI=1S/C16H19N3OS/c1-11-15(13-6-2-3-7-14(13)20-11)19-16(17)18-9-8-12-5-4-10-21-12/h2-7,10-11,15H,8-9H2,1H3,(H3,17,18,19). The Morgan fingerprint density at radius 2 is 2.19 bits per heavy atom. The molecule has 0 radical (unpaired) electrons. The smallest absolute Gasteiger partial charge is 0.189 e. The van der Waals surface area contributed by atoms with E-state index in [1.807, 2.05) is 25.1 Å². The number of hydrogen-bond donors (Lipinski definition) is 2. The first-order valence-electron chi connectivity index (χ1n) is 7.08. The van der Waals surface area contributed by atoms with Gasteiger partial charge < -0.3 is 15.8 Å². The lowest BCUT2D eigenvalue weighted by molar-refractivity contribution is 0.219. The lowest BCUT2D eigenvalue weighted by atomic mass is 10.1. The number of benzene rings is 1. The van der Waals surface area contributed by atoms with Gasteiger partial charge in [-0.2, -0.15) is 0 Å². The maximum absolute atomic E-state index is 6.00. The van der Waals surface area contributed by atoms with Crippen molar-refractivity contribution in [1.29, 1.82) is 0 Å². The Bertz CT molecular complexity index is 624. The van der Waals surface area contributed by atoms with E-state index in [4.69, 9.17) is 10.5 Å². The van der Waals surface area contributed by atoms with Crippen molar-refractivity contribution in [2.75, 3.05) is 6.54 Å². The van der Waals surface area contributed by atoms with Crippen LogP contribution in [0.3, 0.4) is 0 Å². The molecule has 0 bridgehead atoms. The van der Waals surface area contributed by atoms with Gasteiger partial charge in [-0.15, -0.1) is 11.3 Å². The summed E-state index contributed by atoms with van der Waals surface area (Å²) in [6.45, 7) is 2.74. The maximum Gasteiger partial charge on any atom is 0.189 e. The van der Waals surface area contributed by atoms with Gasteiger partial charge in [0.2, 0.25) is 0 Å². The fourth-order valence-corrected chi connectivity index (χ4v) is 3.21. The second-order valence-corrected chi connectivity index (χ2v) is 6.11. The number of nitrogens with two attached hydrogens (primary N) is 1. The van der Waals surface area contributed by atoms with Gasteiger partial charge in [-0.25, -0.2) is 0 Å². The van der Waals surface area contributed by atoms with E-state index in [2.05, 4.69) is 33.9 Å². The normalized spacial score (nSPS) is 20.9. The molecule has 3 N–H and O–H groups in total. The molecular weight excluding hydrogens is 282 g/mol. The summed E-state index contributed by atoms with van der Waals surface area (Å²) in [5, 5.41) is 5.35. The minimum Gasteiger partial charge on any atom is -0.488 e. The highest BCUT2D eigenvalue weighted by molar-refractivity contribution is 7.09. The monoisotopic (exact) mass is 301 g/mol. The summed E-state index contributed by atoms with van der Waals surface area (Å²) in [7, 11) is 0. The van der Waals surface area contributed by atoms with Crippen LogP contribution in [0.25, 0.3) is 0 Å². The third-order valence-corrected chi connectivity index (χ3v) is 4.50. The molecule has 1 aliphatic rings. The molecule has 1 aromatic carbocycles. The van der Waals surface area contributed by atoms with E-state index in [1.165, 1.54) is 4.88 Å². The first kappa shape index (κ1) is 13.9. The van der Waals surface area contributed by atoms with Crippen molar-refractivity contribution in [1.82, 2.24) is 5.32 Å². The average molecular weight is 301 g/mol. The SMILES string of the molecule is CC1Oc2ccccc2C1NC(N)=NCCc1cccs1. The molecule has 4 nitrogen and oxygen atoms in total. The van der Waals surface area contributed by atoms with Gasteiger partial charge in [0, 0.05) is 23.4 Å². The summed E-state index contributed by atoms with van der Waals surface area (Å²) in [5.41, 5.74) is 7.14. The topological polar surface area (TPSA) is 59.6 Å². The third kappa shape index (κ3) is 3.19. The van der Waals surface area contributed by atoms with Gasteiger partial charge in [0.1, 0.15) is 11.9 Å². The van der Waals surface area contributed by atoms with Crippen LogP contribution in [0, 0.1) is 0 Å². The van der Waals surface area contributed by atoms with Crippen LogP contribution in [0.1, 0.15) is 23.4 Å². The van der Waals surface area contributed by atoms with Crippen LogP contribution in [0.2, 0.25) is 0 Å². The molecule has 0 amide bonds. The fraction of sp³-hybridized carbons (Fsp3) is 0.312. The first-order chi connectivity index (χ1) is 10.2. The van der Waals surface area contributed by atoms with E-state index in [-0.39, 0.29) is 12.1 Å². The second-order valence-electron chi connectivity index (χ2n) is 5.08. The zero-order valence-electron chi connectivity index (χ0n) is 12.0. The number of fused-ring (bicyclic) bond motifs is 1. The van der Waals surface area contributed by atoms with Crippen molar-refractivity contribution in [3.63, 3.8) is 0 Å². The predicted molar refractivity (Wildman–Crippen MR) is 86.9 cm³/mol. The molecule has 3 rings (SSSR count). The van der Waals surface area contributed by atoms with E-state index in [0.717, 1.165) is 17.7 Å². The molecule has 0 fully saturated rings. The van der Waals surface area contributed by atoms with Crippen LogP contribution < -0.4 is 15.8 Å². The third-order valence-electron chi connectivity index (χ3n) is 3.56. The second kappa shape index (κ2) is 6.18. The average Bonchev–Trinajstić information content (AvgIpc) is 3.08. The maximum atomic E-state index is 6.00. The summed E-state index contributed by atoms with van der Waals surface area (Å²) >= 11 is 1.75. The molecular formula is C16H19N3OS. The van der Waals surface area contributed by atoms with E-state index in [0.29, 0.717) is 12.5 Å². The molecule has 0 saturated carbocycles. The van der Waals surface area contributed by atoms with E-state index >= 15 is 0 Å². The number of nitrogens with one attached hydrogen (secondary N) is 1. The highest BCUT2D eigenvalue weighted by atomic mass is 32.1. The molecule has 0 saturated heterocycles. The quantitative estimate of drug-likeness (QED) is 0.674. The number of nitrogens with zero attached hydrogens (tertiary/aromatic N) is 1. The van der Waals surface area contributed by atoms with Crippen LogP contribution in [0.5, 0.6) is 5.75 Å². The zero-order valence-corrected chi connectivity index (χ0v) is 12.8. The number of rotatable bonds is 4. The zero-order chi connectivity index (χ0) is 14.7. The largest absolute Gasteiger partial charge is 0.488 e. The Balaban J connectivity index is 1.60. The summed E-state index contributed by atoms with van der Waals surface area (Å²) in [6, 6.07) is 12.3. The summed E-state index contributed by atoms with van der Waals surface area (Å²) < 4.78 is 5.81. The van der Waals surface area contributed by atoms with Gasteiger partial charge in [-0.1, -0.05) is 24.3 Å². The predicted octanol–water partition coefficient (Wildman–Crippen LogP) is 2.72. The van der Waals surface area contributed by atoms with Gasteiger partial charge in [0.05, 0.1) is 6.04 Å². The molecule has 110 valence electrons. The van der Waals surface area contributed by atoms with Gasteiger partial charge >= 0.3 is 0 Å². The molecule has 0 spiro atoms. The van der Waals surface area contributed by atoms with Crippen molar-refractivity contribution in [2.24, 2.45) is 10.7 Å². The molecule has 5 heteroatoms. The van der Waals surface area contributed by atoms with Gasteiger partial charge in [-0.05, 0) is 24.4 Å². The van der Waals surface area contributed by atoms with Crippen LogP contribution in [0.15, 0.2) is 46.8 Å². The first-order valence-corrected chi connectivity index (χ1v) is 7.96. The van der Waals surface area contributed by atoms with Gasteiger partial charge in [-0.3, -0.25) is 4.99 Å². The molecule has 2 aromatic rings. The van der Waals surface area contributed by atoms with E-state index in [9.17, 15) is 0 Å². The van der Waals surface area contributed by atoms with Crippen molar-refractivity contribution in [2.45, 2.75) is 25.5 Å². The Morgan fingerprint density at radius 3 is 3.00 bits per heavy atom. The Hall–Kier alpha value is -2.01. The molecule has 1 aliphatic heterocycles. The Labute approximate surface area is 128 Å². The number of para-hydroxylation sites is 1. The molecule has 0 aliphatic carbocycles. The Kier molecular flexibility index (Phi) is 4.10. The number of thiophene rings is 1. The lowest BCUT2D eigenvalue weighted by Crippen LogP contribution is -2.39. The molecule has 1 aromatic heterocycles. The number of aliphatic imine (C=N–C) groups is 1. The van der Waals surface area contributed by atoms with E-state index < -0.39 is 0 Å². The summed E-state index contributed by atoms with van der Waals surface area (Å²) in [4.78, 5) is 5.73. The summed E-state index contributed by atoms with van der Waals surface area (Å²) in [6.07, 6.45) is 0.973. The molecule has 2 atom stereocenters. The van der Waals surface area contributed by atoms with Gasteiger partial charge in [0.15, 0.2) is 5.96 Å². The number of hydrogen-bond acceptors (Lipinski definition) is 3. The lowest BCUT2D eigenvalue weighted by Gasteiger charge is -2.17. The van der Waals surface area contributed by atoms with Crippen molar-refractivity contribution in [3.05, 3.63) is 52.2 Å². The van der Waals surface area contributed by atoms with Crippen LogP contribution in [-0.2, 0) is 6.42 Å². The Morgan fingerprint density at radius 1 is 1.33 bits per heavy atom. The van der Waals surface area contributed by atoms with Crippen molar-refractivity contribution < 1.29 is 4.74 Å². The van der Waals surface area contributed by atoms with Crippen LogP contribution in [0.4, 0.5) is 0 Å². The van der Waals surface area contributed by atoms with Gasteiger partial charge in [0.25, 0.3) is 0 Å². The van der Waals surface area contributed by atoms with Crippen molar-refractivity contribution >= 4 is 17.3 Å². The highest BCUT2D eigenvalue weighted by Crippen LogP contribution is 2.35. The van der Waals surface area contributed by atoms with Crippen molar-refractivity contribution in [3.8, 4) is 5.75 Å². The minimum atomic E-state index is 0.0495. The number of guanidine groups is 1. The van der Waals surface area contributed by atoms with Crippen LogP contribution >= 0.6 is 11.3 Å². The molecule has 2 unspecified atom stereocenters. The molecule has 2 heterocycles. The highest BCUT2D eigenvalue weighted by Gasteiger charge is 2.30. The summed E-state index contributed by atoms with van der Waals surface area (Å²) in [5.74, 6) is 1.40. The molecule has 21 heavy (non-hydrogen) atoms. The minimum absolute atomic E-state index is 0.0495. The van der Waals surface area contributed by atoms with E-state index in [1.54, 1.807) is 11.3 Å².